The SMILES string of the molecule is CC(NCc1ccccc1)c1ccccc1N. The third-order valence-electron chi connectivity index (χ3n) is 2.92. The zero-order chi connectivity index (χ0) is 12.1. The van der Waals surface area contributed by atoms with Crippen LogP contribution in [0.2, 0.25) is 0 Å². The van der Waals surface area contributed by atoms with Crippen LogP contribution in [0, 0.1) is 0 Å². The Balaban J connectivity index is 1.99. The summed E-state index contributed by atoms with van der Waals surface area (Å²) in [6.45, 7) is 2.99. The van der Waals surface area contributed by atoms with Gasteiger partial charge in [-0.05, 0) is 24.1 Å². The van der Waals surface area contributed by atoms with E-state index < -0.39 is 0 Å². The minimum Gasteiger partial charge on any atom is -0.398 e. The summed E-state index contributed by atoms with van der Waals surface area (Å²) in [5.74, 6) is 0. The number of anilines is 1. The summed E-state index contributed by atoms with van der Waals surface area (Å²) in [5.41, 5.74) is 9.24. The molecule has 0 aromatic heterocycles. The first-order chi connectivity index (χ1) is 8.27. The molecule has 88 valence electrons. The first-order valence-corrected chi connectivity index (χ1v) is 5.89. The minimum atomic E-state index is 0.261. The van der Waals surface area contributed by atoms with Crippen LogP contribution in [-0.4, -0.2) is 0 Å². The van der Waals surface area contributed by atoms with Gasteiger partial charge in [-0.2, -0.15) is 0 Å². The van der Waals surface area contributed by atoms with Gasteiger partial charge in [-0.25, -0.2) is 0 Å². The van der Waals surface area contributed by atoms with Crippen molar-refractivity contribution in [1.29, 1.82) is 0 Å². The Morgan fingerprint density at radius 1 is 1.00 bits per heavy atom. The highest BCUT2D eigenvalue weighted by molar-refractivity contribution is 5.47. The van der Waals surface area contributed by atoms with Crippen LogP contribution in [0.15, 0.2) is 54.6 Å². The molecule has 0 saturated heterocycles. The molecule has 0 fully saturated rings. The van der Waals surface area contributed by atoms with E-state index in [1.54, 1.807) is 0 Å². The number of benzene rings is 2. The van der Waals surface area contributed by atoms with Gasteiger partial charge in [-0.1, -0.05) is 48.5 Å². The van der Waals surface area contributed by atoms with E-state index in [9.17, 15) is 0 Å². The molecule has 2 nitrogen and oxygen atoms in total. The molecule has 0 aliphatic carbocycles. The first-order valence-electron chi connectivity index (χ1n) is 5.89. The average molecular weight is 226 g/mol. The molecule has 0 aliphatic rings. The van der Waals surface area contributed by atoms with Gasteiger partial charge in [0.2, 0.25) is 0 Å². The molecular weight excluding hydrogens is 208 g/mol. The van der Waals surface area contributed by atoms with Crippen molar-refractivity contribution < 1.29 is 0 Å². The van der Waals surface area contributed by atoms with Crippen molar-refractivity contribution in [3.63, 3.8) is 0 Å². The van der Waals surface area contributed by atoms with Gasteiger partial charge in [0.05, 0.1) is 0 Å². The van der Waals surface area contributed by atoms with Gasteiger partial charge in [0.15, 0.2) is 0 Å². The molecule has 3 N–H and O–H groups in total. The topological polar surface area (TPSA) is 38.0 Å². The zero-order valence-corrected chi connectivity index (χ0v) is 10.1. The van der Waals surface area contributed by atoms with Crippen LogP contribution in [0.25, 0.3) is 0 Å². The molecule has 0 radical (unpaired) electrons. The highest BCUT2D eigenvalue weighted by Gasteiger charge is 2.07. The van der Waals surface area contributed by atoms with E-state index in [1.165, 1.54) is 5.56 Å². The van der Waals surface area contributed by atoms with Gasteiger partial charge >= 0.3 is 0 Å². The van der Waals surface area contributed by atoms with E-state index in [0.29, 0.717) is 0 Å². The Morgan fingerprint density at radius 2 is 1.65 bits per heavy atom. The molecule has 0 heterocycles. The molecule has 0 amide bonds. The maximum Gasteiger partial charge on any atom is 0.0362 e. The number of para-hydroxylation sites is 1. The molecule has 1 unspecified atom stereocenters. The minimum absolute atomic E-state index is 0.261. The highest BCUT2D eigenvalue weighted by Crippen LogP contribution is 2.19. The summed E-state index contributed by atoms with van der Waals surface area (Å²) in [7, 11) is 0. The highest BCUT2D eigenvalue weighted by atomic mass is 14.9. The smallest absolute Gasteiger partial charge is 0.0362 e. The van der Waals surface area contributed by atoms with Crippen LogP contribution in [0.1, 0.15) is 24.1 Å². The lowest BCUT2D eigenvalue weighted by molar-refractivity contribution is 0.576. The van der Waals surface area contributed by atoms with Gasteiger partial charge in [0.1, 0.15) is 0 Å². The predicted octanol–water partition coefficient (Wildman–Crippen LogP) is 3.12. The fourth-order valence-electron chi connectivity index (χ4n) is 1.88. The molecule has 0 spiro atoms. The van der Waals surface area contributed by atoms with Gasteiger partial charge in [0.25, 0.3) is 0 Å². The molecule has 2 aromatic carbocycles. The zero-order valence-electron chi connectivity index (χ0n) is 10.1. The van der Waals surface area contributed by atoms with Crippen molar-refractivity contribution >= 4 is 5.69 Å². The monoisotopic (exact) mass is 226 g/mol. The van der Waals surface area contributed by atoms with Crippen molar-refractivity contribution in [1.82, 2.24) is 5.32 Å². The van der Waals surface area contributed by atoms with E-state index in [4.69, 9.17) is 5.73 Å². The van der Waals surface area contributed by atoms with Crippen molar-refractivity contribution in [2.75, 3.05) is 5.73 Å². The number of hydrogen-bond donors (Lipinski definition) is 2. The van der Waals surface area contributed by atoms with E-state index in [0.717, 1.165) is 17.8 Å². The molecule has 0 aliphatic heterocycles. The second-order valence-electron chi connectivity index (χ2n) is 4.22. The van der Waals surface area contributed by atoms with Crippen LogP contribution in [-0.2, 0) is 6.54 Å². The summed E-state index contributed by atoms with van der Waals surface area (Å²) in [5, 5.41) is 3.48. The third kappa shape index (κ3) is 3.08. The Bertz CT molecular complexity index is 465. The van der Waals surface area contributed by atoms with Crippen LogP contribution in [0.5, 0.6) is 0 Å². The normalized spacial score (nSPS) is 12.3. The fraction of sp³-hybridized carbons (Fsp3) is 0.200. The van der Waals surface area contributed by atoms with Crippen molar-refractivity contribution in [2.45, 2.75) is 19.5 Å². The quantitative estimate of drug-likeness (QED) is 0.786. The number of nitrogen functional groups attached to an aromatic ring is 1. The van der Waals surface area contributed by atoms with Gasteiger partial charge in [-0.3, -0.25) is 0 Å². The largest absolute Gasteiger partial charge is 0.398 e. The second-order valence-corrected chi connectivity index (χ2v) is 4.22. The Hall–Kier alpha value is -1.80. The number of rotatable bonds is 4. The Kier molecular flexibility index (Phi) is 3.78. The van der Waals surface area contributed by atoms with Gasteiger partial charge in [0, 0.05) is 18.3 Å². The molecule has 0 saturated carbocycles. The molecule has 2 rings (SSSR count). The van der Waals surface area contributed by atoms with Gasteiger partial charge in [-0.15, -0.1) is 0 Å². The molecule has 2 aromatic rings. The van der Waals surface area contributed by atoms with E-state index in [-0.39, 0.29) is 6.04 Å². The number of hydrogen-bond acceptors (Lipinski definition) is 2. The molecule has 1 atom stereocenters. The fourth-order valence-corrected chi connectivity index (χ4v) is 1.88. The van der Waals surface area contributed by atoms with Gasteiger partial charge < -0.3 is 11.1 Å². The van der Waals surface area contributed by atoms with Crippen LogP contribution < -0.4 is 11.1 Å². The summed E-state index contributed by atoms with van der Waals surface area (Å²) >= 11 is 0. The van der Waals surface area contributed by atoms with Crippen LogP contribution in [0.3, 0.4) is 0 Å². The third-order valence-corrected chi connectivity index (χ3v) is 2.92. The predicted molar refractivity (Wildman–Crippen MR) is 72.6 cm³/mol. The van der Waals surface area contributed by atoms with Crippen LogP contribution in [0.4, 0.5) is 5.69 Å². The average Bonchev–Trinajstić information content (AvgIpc) is 2.38. The van der Waals surface area contributed by atoms with Crippen molar-refractivity contribution in [3.8, 4) is 0 Å². The molecule has 17 heavy (non-hydrogen) atoms. The summed E-state index contributed by atoms with van der Waals surface area (Å²) in [6, 6.07) is 18.6. The lowest BCUT2D eigenvalue weighted by Gasteiger charge is -2.16. The van der Waals surface area contributed by atoms with Crippen molar-refractivity contribution in [2.24, 2.45) is 0 Å². The van der Waals surface area contributed by atoms with E-state index >= 15 is 0 Å². The lowest BCUT2D eigenvalue weighted by atomic mass is 10.1. The van der Waals surface area contributed by atoms with E-state index in [1.807, 2.05) is 24.3 Å². The standard InChI is InChI=1S/C15H18N2/c1-12(14-9-5-6-10-15(14)16)17-11-13-7-3-2-4-8-13/h2-10,12,17H,11,16H2,1H3. The lowest BCUT2D eigenvalue weighted by Crippen LogP contribution is -2.19. The molecule has 2 heteroatoms. The Morgan fingerprint density at radius 3 is 2.35 bits per heavy atom. The summed E-state index contributed by atoms with van der Waals surface area (Å²) in [4.78, 5) is 0. The molecular formula is C15H18N2. The van der Waals surface area contributed by atoms with Crippen molar-refractivity contribution in [3.05, 3.63) is 65.7 Å². The first kappa shape index (κ1) is 11.7. The maximum absolute atomic E-state index is 5.95. The van der Waals surface area contributed by atoms with Crippen LogP contribution >= 0.6 is 0 Å². The number of nitrogens with two attached hydrogens (primary N) is 1. The Labute approximate surface area is 102 Å². The van der Waals surface area contributed by atoms with E-state index in [2.05, 4.69) is 42.6 Å². The number of nitrogens with one attached hydrogen (secondary N) is 1. The molecule has 0 bridgehead atoms. The summed E-state index contributed by atoms with van der Waals surface area (Å²) in [6.07, 6.45) is 0. The summed E-state index contributed by atoms with van der Waals surface area (Å²) < 4.78 is 0. The second kappa shape index (κ2) is 5.51. The maximum atomic E-state index is 5.95.